The highest BCUT2D eigenvalue weighted by atomic mass is 15.2. The molecule has 0 spiro atoms. The van der Waals surface area contributed by atoms with Crippen molar-refractivity contribution >= 4 is 5.69 Å². The molecule has 4 bridgehead atoms. The highest BCUT2D eigenvalue weighted by Crippen LogP contribution is 2.55. The second kappa shape index (κ2) is 6.32. The fourth-order valence-corrected chi connectivity index (χ4v) is 7.00. The number of fused-ring (bicyclic) bond motifs is 1. The van der Waals surface area contributed by atoms with E-state index in [1.54, 1.807) is 5.56 Å². The Morgan fingerprint density at radius 3 is 2.68 bits per heavy atom. The van der Waals surface area contributed by atoms with Crippen molar-refractivity contribution in [2.45, 2.75) is 45.1 Å². The molecule has 0 amide bonds. The molecule has 5 aliphatic rings. The number of hydrogen-bond donors (Lipinski definition) is 0. The van der Waals surface area contributed by atoms with Gasteiger partial charge >= 0.3 is 0 Å². The lowest BCUT2D eigenvalue weighted by Gasteiger charge is -2.43. The first-order valence-corrected chi connectivity index (χ1v) is 11.2. The molecule has 4 aliphatic heterocycles. The summed E-state index contributed by atoms with van der Waals surface area (Å²) in [6, 6.07) is 12.4. The highest BCUT2D eigenvalue weighted by Gasteiger charge is 2.53. The van der Waals surface area contributed by atoms with Gasteiger partial charge in [-0.1, -0.05) is 23.8 Å². The predicted molar refractivity (Wildman–Crippen MR) is 114 cm³/mol. The number of anilines is 1. The number of hydrogen-bond acceptors (Lipinski definition) is 3. The van der Waals surface area contributed by atoms with E-state index in [1.165, 1.54) is 49.3 Å². The van der Waals surface area contributed by atoms with E-state index in [0.29, 0.717) is 6.04 Å². The monoisotopic (exact) mass is 373 g/mol. The standard InChI is InChI=1S/C25H31N3/c1-16-3-6-23-22(9-16)24-20-10-19-11-21(15-27(13-19)14-20)25(24)28(23)8-7-18-5-4-17(2)26-12-18/h3-6,9,12,19-21,24-25H,7-8,10-11,13-15H2,1-2H3/t19?,20-,21-,24+,25+/m1/s1. The summed E-state index contributed by atoms with van der Waals surface area (Å²) in [5.41, 5.74) is 7.09. The van der Waals surface area contributed by atoms with Gasteiger partial charge in [-0.3, -0.25) is 4.98 Å². The summed E-state index contributed by atoms with van der Waals surface area (Å²) in [6.45, 7) is 9.47. The van der Waals surface area contributed by atoms with Crippen LogP contribution in [0.1, 0.15) is 41.1 Å². The van der Waals surface area contributed by atoms with Gasteiger partial charge in [0.05, 0.1) is 0 Å². The van der Waals surface area contributed by atoms with Crippen molar-refractivity contribution in [3.8, 4) is 0 Å². The summed E-state index contributed by atoms with van der Waals surface area (Å²) in [5.74, 6) is 3.37. The molecule has 3 saturated heterocycles. The summed E-state index contributed by atoms with van der Waals surface area (Å²) >= 11 is 0. The molecule has 5 heterocycles. The Hall–Kier alpha value is -1.87. The van der Waals surface area contributed by atoms with Crippen molar-refractivity contribution in [1.82, 2.24) is 9.88 Å². The lowest BCUT2D eigenvalue weighted by atomic mass is 9.79. The number of nitrogens with zero attached hydrogens (tertiary/aromatic N) is 3. The molecule has 146 valence electrons. The van der Waals surface area contributed by atoms with Gasteiger partial charge in [-0.2, -0.15) is 0 Å². The first-order chi connectivity index (χ1) is 13.7. The van der Waals surface area contributed by atoms with Crippen molar-refractivity contribution in [2.75, 3.05) is 31.1 Å². The SMILES string of the molecule is Cc1ccc2c(c1)[C@@H]1[C@@H]3CC4C[C@H](CN(C4)C3)[C@@H]1N2CCc1ccc(C)nc1. The van der Waals surface area contributed by atoms with Crippen LogP contribution in [0.2, 0.25) is 0 Å². The lowest BCUT2D eigenvalue weighted by Crippen LogP contribution is -2.48. The third kappa shape index (κ3) is 2.62. The fourth-order valence-electron chi connectivity index (χ4n) is 7.00. The maximum Gasteiger partial charge on any atom is 0.0405 e. The second-order valence-electron chi connectivity index (χ2n) is 9.91. The summed E-state index contributed by atoms with van der Waals surface area (Å²) in [4.78, 5) is 10.1. The molecule has 2 unspecified atom stereocenters. The van der Waals surface area contributed by atoms with Crippen LogP contribution in [0, 0.1) is 31.6 Å². The van der Waals surface area contributed by atoms with Crippen LogP contribution in [0.25, 0.3) is 0 Å². The van der Waals surface area contributed by atoms with E-state index < -0.39 is 0 Å². The predicted octanol–water partition coefficient (Wildman–Crippen LogP) is 4.18. The molecular weight excluding hydrogens is 342 g/mol. The Kier molecular flexibility index (Phi) is 3.84. The Bertz CT molecular complexity index is 875. The van der Waals surface area contributed by atoms with Crippen LogP contribution in [0.15, 0.2) is 36.5 Å². The highest BCUT2D eigenvalue weighted by molar-refractivity contribution is 5.64. The smallest absolute Gasteiger partial charge is 0.0405 e. The van der Waals surface area contributed by atoms with Crippen molar-refractivity contribution in [2.24, 2.45) is 17.8 Å². The first-order valence-electron chi connectivity index (χ1n) is 11.2. The van der Waals surface area contributed by atoms with E-state index in [1.807, 2.05) is 0 Å². The number of piperidine rings is 2. The molecule has 0 N–H and O–H groups in total. The first kappa shape index (κ1) is 17.0. The Balaban J connectivity index is 1.37. The average molecular weight is 374 g/mol. The quantitative estimate of drug-likeness (QED) is 0.804. The van der Waals surface area contributed by atoms with Crippen LogP contribution >= 0.6 is 0 Å². The molecule has 7 rings (SSSR count). The number of rotatable bonds is 3. The second-order valence-corrected chi connectivity index (χ2v) is 9.91. The maximum absolute atomic E-state index is 4.52. The van der Waals surface area contributed by atoms with Crippen molar-refractivity contribution in [3.05, 3.63) is 58.9 Å². The van der Waals surface area contributed by atoms with E-state index in [0.717, 1.165) is 42.3 Å². The Morgan fingerprint density at radius 1 is 1.00 bits per heavy atom. The molecule has 1 saturated carbocycles. The topological polar surface area (TPSA) is 19.4 Å². The van der Waals surface area contributed by atoms with Gasteiger partial charge in [0.25, 0.3) is 0 Å². The molecule has 3 heteroatoms. The van der Waals surface area contributed by atoms with E-state index in [2.05, 4.69) is 65.2 Å². The average Bonchev–Trinajstić information content (AvgIpc) is 2.89. The summed E-state index contributed by atoms with van der Waals surface area (Å²) in [5, 5.41) is 0. The minimum absolute atomic E-state index is 0.704. The number of pyridine rings is 1. The van der Waals surface area contributed by atoms with Crippen molar-refractivity contribution in [1.29, 1.82) is 0 Å². The molecular formula is C25H31N3. The van der Waals surface area contributed by atoms with Gasteiger partial charge in [0.2, 0.25) is 0 Å². The largest absolute Gasteiger partial charge is 0.367 e. The van der Waals surface area contributed by atoms with Crippen LogP contribution in [-0.4, -0.2) is 42.1 Å². The zero-order chi connectivity index (χ0) is 18.8. The number of aryl methyl sites for hydroxylation is 2. The van der Waals surface area contributed by atoms with Gasteiger partial charge in [0.1, 0.15) is 0 Å². The zero-order valence-corrected chi connectivity index (χ0v) is 17.1. The van der Waals surface area contributed by atoms with Crippen molar-refractivity contribution in [3.63, 3.8) is 0 Å². The van der Waals surface area contributed by atoms with Gasteiger partial charge in [-0.25, -0.2) is 0 Å². The van der Waals surface area contributed by atoms with E-state index in [9.17, 15) is 0 Å². The van der Waals surface area contributed by atoms with Crippen LogP contribution in [-0.2, 0) is 6.42 Å². The molecule has 3 nitrogen and oxygen atoms in total. The van der Waals surface area contributed by atoms with Crippen LogP contribution in [0.5, 0.6) is 0 Å². The van der Waals surface area contributed by atoms with E-state index in [-0.39, 0.29) is 0 Å². The van der Waals surface area contributed by atoms with Crippen LogP contribution in [0.4, 0.5) is 5.69 Å². The molecule has 0 radical (unpaired) electrons. The molecule has 6 atom stereocenters. The molecule has 4 fully saturated rings. The van der Waals surface area contributed by atoms with Gasteiger partial charge in [0, 0.05) is 55.7 Å². The third-order valence-corrected chi connectivity index (χ3v) is 7.96. The number of benzene rings is 1. The third-order valence-electron chi connectivity index (χ3n) is 7.96. The molecule has 28 heavy (non-hydrogen) atoms. The zero-order valence-electron chi connectivity index (χ0n) is 17.1. The maximum atomic E-state index is 4.52. The summed E-state index contributed by atoms with van der Waals surface area (Å²) < 4.78 is 0. The molecule has 1 aromatic heterocycles. The van der Waals surface area contributed by atoms with Crippen LogP contribution in [0.3, 0.4) is 0 Å². The summed E-state index contributed by atoms with van der Waals surface area (Å²) in [6.07, 6.45) is 6.07. The minimum Gasteiger partial charge on any atom is -0.367 e. The van der Waals surface area contributed by atoms with Crippen LogP contribution < -0.4 is 4.90 Å². The Labute approximate surface area is 168 Å². The van der Waals surface area contributed by atoms with E-state index >= 15 is 0 Å². The van der Waals surface area contributed by atoms with Gasteiger partial charge in [-0.05, 0) is 74.1 Å². The molecule has 2 aromatic rings. The fraction of sp³-hybridized carbons (Fsp3) is 0.560. The summed E-state index contributed by atoms with van der Waals surface area (Å²) in [7, 11) is 0. The van der Waals surface area contributed by atoms with E-state index in [4.69, 9.17) is 0 Å². The Morgan fingerprint density at radius 2 is 1.86 bits per heavy atom. The number of aromatic nitrogens is 1. The van der Waals surface area contributed by atoms with Gasteiger partial charge in [0.15, 0.2) is 0 Å². The van der Waals surface area contributed by atoms with Gasteiger partial charge < -0.3 is 9.80 Å². The van der Waals surface area contributed by atoms with Gasteiger partial charge in [-0.15, -0.1) is 0 Å². The lowest BCUT2D eigenvalue weighted by molar-refractivity contribution is 0.0739. The molecule has 1 aliphatic carbocycles. The van der Waals surface area contributed by atoms with Crippen molar-refractivity contribution < 1.29 is 0 Å². The minimum atomic E-state index is 0.704. The normalized spacial score (nSPS) is 35.0. The molecule has 1 aromatic carbocycles.